The number of carbonyl (C=O) groups is 3. The van der Waals surface area contributed by atoms with E-state index in [9.17, 15) is 32.7 Å². The predicted octanol–water partition coefficient (Wildman–Crippen LogP) is 4.16. The maximum absolute atomic E-state index is 13.8. The third kappa shape index (κ3) is 6.78. The van der Waals surface area contributed by atoms with Gasteiger partial charge in [-0.15, -0.1) is 0 Å². The second-order valence-corrected chi connectivity index (χ2v) is 9.53. The lowest BCUT2D eigenvalue weighted by Gasteiger charge is -2.26. The van der Waals surface area contributed by atoms with E-state index in [2.05, 4.69) is 0 Å². The third-order valence-electron chi connectivity index (χ3n) is 6.60. The van der Waals surface area contributed by atoms with E-state index in [4.69, 9.17) is 4.74 Å². The van der Waals surface area contributed by atoms with Crippen LogP contribution in [-0.4, -0.2) is 66.4 Å². The standard InChI is InChI=1S/C29H28F3N3O5/c1-35(15-18-9-3-2-4-10-18)16-24(27(37)38)33-26(36)25(29(30,31)32)34-28(39)40-17-23-21-13-7-5-11-19(21)20-12-6-8-14-22(20)23/h2-14,23-25H,15-17H2,1H3,(H,33,36)(H,34,39)(H,37,38). The van der Waals surface area contributed by atoms with Crippen molar-refractivity contribution in [2.75, 3.05) is 20.2 Å². The Hall–Kier alpha value is -4.38. The summed E-state index contributed by atoms with van der Waals surface area (Å²) in [6, 6.07) is 19.2. The number of alkyl halides is 3. The lowest BCUT2D eigenvalue weighted by Crippen LogP contribution is -2.59. The fourth-order valence-electron chi connectivity index (χ4n) is 4.77. The fourth-order valence-corrected chi connectivity index (χ4v) is 4.77. The van der Waals surface area contributed by atoms with Crippen LogP contribution in [0.4, 0.5) is 18.0 Å². The van der Waals surface area contributed by atoms with Crippen LogP contribution in [0.3, 0.4) is 0 Å². The first-order valence-electron chi connectivity index (χ1n) is 12.5. The van der Waals surface area contributed by atoms with Crippen molar-refractivity contribution < 1.29 is 37.4 Å². The number of hydrogen-bond donors (Lipinski definition) is 3. The predicted molar refractivity (Wildman–Crippen MR) is 140 cm³/mol. The Morgan fingerprint density at radius 2 is 1.45 bits per heavy atom. The van der Waals surface area contributed by atoms with E-state index in [1.807, 2.05) is 72.0 Å². The van der Waals surface area contributed by atoms with E-state index in [0.717, 1.165) is 27.8 Å². The second-order valence-electron chi connectivity index (χ2n) is 9.53. The highest BCUT2D eigenvalue weighted by molar-refractivity contribution is 5.90. The number of ether oxygens (including phenoxy) is 1. The summed E-state index contributed by atoms with van der Waals surface area (Å²) < 4.78 is 46.5. The summed E-state index contributed by atoms with van der Waals surface area (Å²) in [5.74, 6) is -3.62. The number of likely N-dealkylation sites (N-methyl/N-ethyl adjacent to an activating group) is 1. The van der Waals surface area contributed by atoms with Gasteiger partial charge in [0.05, 0.1) is 0 Å². The van der Waals surface area contributed by atoms with Crippen molar-refractivity contribution in [3.05, 3.63) is 95.6 Å². The molecule has 0 fully saturated rings. The van der Waals surface area contributed by atoms with Crippen LogP contribution in [-0.2, 0) is 20.9 Å². The van der Waals surface area contributed by atoms with Crippen LogP contribution in [0.15, 0.2) is 78.9 Å². The van der Waals surface area contributed by atoms with Crippen molar-refractivity contribution >= 4 is 18.0 Å². The van der Waals surface area contributed by atoms with E-state index in [0.29, 0.717) is 6.54 Å². The molecule has 1 aliphatic rings. The molecule has 2 atom stereocenters. The first-order chi connectivity index (χ1) is 19.0. The number of nitrogens with zero attached hydrogens (tertiary/aromatic N) is 1. The molecular weight excluding hydrogens is 527 g/mol. The normalized spacial score (nSPS) is 14.1. The van der Waals surface area contributed by atoms with Gasteiger partial charge in [-0.05, 0) is 34.9 Å². The Morgan fingerprint density at radius 1 is 0.900 bits per heavy atom. The summed E-state index contributed by atoms with van der Waals surface area (Å²) in [6.07, 6.45) is -6.65. The van der Waals surface area contributed by atoms with Gasteiger partial charge >= 0.3 is 18.2 Å². The zero-order valence-corrected chi connectivity index (χ0v) is 21.5. The molecule has 3 aromatic rings. The van der Waals surface area contributed by atoms with Crippen LogP contribution in [0.2, 0.25) is 0 Å². The lowest BCUT2D eigenvalue weighted by atomic mass is 9.98. The summed E-state index contributed by atoms with van der Waals surface area (Å²) in [5.41, 5.74) is 4.47. The molecule has 3 N–H and O–H groups in total. The SMILES string of the molecule is CN(Cc1ccccc1)CC(NC(=O)C(NC(=O)OCC1c2ccccc2-c2ccccc21)C(F)(F)F)C(=O)O. The molecule has 0 spiro atoms. The quantitative estimate of drug-likeness (QED) is 0.347. The molecule has 40 heavy (non-hydrogen) atoms. The number of carboxylic acids is 1. The second kappa shape index (κ2) is 12.2. The molecule has 0 bridgehead atoms. The van der Waals surface area contributed by atoms with E-state index in [-0.39, 0.29) is 13.2 Å². The lowest BCUT2D eigenvalue weighted by molar-refractivity contribution is -0.169. The minimum absolute atomic E-state index is 0.256. The van der Waals surface area contributed by atoms with Crippen molar-refractivity contribution in [2.45, 2.75) is 30.7 Å². The van der Waals surface area contributed by atoms with Crippen molar-refractivity contribution in [3.63, 3.8) is 0 Å². The highest BCUT2D eigenvalue weighted by Crippen LogP contribution is 2.44. The van der Waals surface area contributed by atoms with Crippen molar-refractivity contribution in [3.8, 4) is 11.1 Å². The van der Waals surface area contributed by atoms with Crippen molar-refractivity contribution in [2.24, 2.45) is 0 Å². The van der Waals surface area contributed by atoms with Crippen LogP contribution in [0.5, 0.6) is 0 Å². The van der Waals surface area contributed by atoms with Gasteiger partial charge in [-0.1, -0.05) is 78.9 Å². The fraction of sp³-hybridized carbons (Fsp3) is 0.276. The summed E-state index contributed by atoms with van der Waals surface area (Å²) in [4.78, 5) is 38.3. The molecule has 0 aromatic heterocycles. The van der Waals surface area contributed by atoms with Crippen LogP contribution in [0, 0.1) is 0 Å². The highest BCUT2D eigenvalue weighted by atomic mass is 19.4. The molecule has 0 heterocycles. The first kappa shape index (κ1) is 28.6. The Kier molecular flexibility index (Phi) is 8.73. The molecular formula is C29H28F3N3O5. The van der Waals surface area contributed by atoms with Gasteiger partial charge in [0, 0.05) is 19.0 Å². The molecule has 2 unspecified atom stereocenters. The summed E-state index contributed by atoms with van der Waals surface area (Å²) in [5, 5.41) is 13.0. The number of benzene rings is 3. The van der Waals surface area contributed by atoms with E-state index in [1.54, 1.807) is 29.4 Å². The number of amides is 2. The Labute approximate surface area is 228 Å². The number of rotatable bonds is 10. The maximum atomic E-state index is 13.8. The highest BCUT2D eigenvalue weighted by Gasteiger charge is 2.47. The summed E-state index contributed by atoms with van der Waals surface area (Å²) in [6.45, 7) is -0.221. The topological polar surface area (TPSA) is 108 Å². The van der Waals surface area contributed by atoms with Crippen LogP contribution < -0.4 is 10.6 Å². The number of aliphatic carboxylic acids is 1. The number of alkyl carbamates (subject to hydrolysis) is 1. The summed E-state index contributed by atoms with van der Waals surface area (Å²) >= 11 is 0. The molecule has 0 radical (unpaired) electrons. The molecule has 3 aromatic carbocycles. The molecule has 2 amide bonds. The number of carbonyl (C=O) groups excluding carboxylic acids is 2. The van der Waals surface area contributed by atoms with E-state index < -0.39 is 42.1 Å². The molecule has 210 valence electrons. The zero-order chi connectivity index (χ0) is 28.9. The number of nitrogens with one attached hydrogen (secondary N) is 2. The minimum Gasteiger partial charge on any atom is -0.480 e. The Bertz CT molecular complexity index is 1320. The monoisotopic (exact) mass is 555 g/mol. The number of fused-ring (bicyclic) bond motifs is 3. The van der Waals surface area contributed by atoms with E-state index in [1.165, 1.54) is 0 Å². The molecule has 11 heteroatoms. The molecule has 0 saturated carbocycles. The first-order valence-corrected chi connectivity index (χ1v) is 12.5. The van der Waals surface area contributed by atoms with Crippen molar-refractivity contribution in [1.29, 1.82) is 0 Å². The third-order valence-corrected chi connectivity index (χ3v) is 6.60. The van der Waals surface area contributed by atoms with E-state index >= 15 is 0 Å². The van der Waals surface area contributed by atoms with Gasteiger partial charge in [0.15, 0.2) is 0 Å². The number of hydrogen-bond acceptors (Lipinski definition) is 5. The molecule has 0 saturated heterocycles. The van der Waals surface area contributed by atoms with Gasteiger partial charge in [-0.2, -0.15) is 13.2 Å². The van der Waals surface area contributed by atoms with Crippen LogP contribution in [0.25, 0.3) is 11.1 Å². The average molecular weight is 556 g/mol. The maximum Gasteiger partial charge on any atom is 0.417 e. The van der Waals surface area contributed by atoms with Crippen LogP contribution in [0.1, 0.15) is 22.6 Å². The Balaban J connectivity index is 1.39. The van der Waals surface area contributed by atoms with Crippen molar-refractivity contribution in [1.82, 2.24) is 15.5 Å². The van der Waals surface area contributed by atoms with Gasteiger partial charge in [0.2, 0.25) is 6.04 Å². The smallest absolute Gasteiger partial charge is 0.417 e. The van der Waals surface area contributed by atoms with Gasteiger partial charge in [-0.3, -0.25) is 9.69 Å². The molecule has 1 aliphatic carbocycles. The molecule has 8 nitrogen and oxygen atoms in total. The minimum atomic E-state index is -5.20. The molecule has 4 rings (SSSR count). The largest absolute Gasteiger partial charge is 0.480 e. The van der Waals surface area contributed by atoms with Crippen LogP contribution >= 0.6 is 0 Å². The Morgan fingerprint density at radius 3 is 2.00 bits per heavy atom. The van der Waals surface area contributed by atoms with Gasteiger partial charge < -0.3 is 20.5 Å². The summed E-state index contributed by atoms with van der Waals surface area (Å²) in [7, 11) is 1.57. The molecule has 0 aliphatic heterocycles. The van der Waals surface area contributed by atoms with Gasteiger partial charge in [0.1, 0.15) is 12.6 Å². The zero-order valence-electron chi connectivity index (χ0n) is 21.5. The number of halogens is 3. The average Bonchev–Trinajstić information content (AvgIpc) is 3.23. The number of carboxylic acid groups (broad SMARTS) is 1. The van der Waals surface area contributed by atoms with Gasteiger partial charge in [0.25, 0.3) is 5.91 Å². The van der Waals surface area contributed by atoms with Gasteiger partial charge in [-0.25, -0.2) is 9.59 Å².